The average molecular weight is 198 g/mol. The van der Waals surface area contributed by atoms with E-state index in [-0.39, 0.29) is 5.91 Å². The molecular weight excluding hydrogens is 176 g/mol. The van der Waals surface area contributed by atoms with Crippen molar-refractivity contribution in [1.82, 2.24) is 10.6 Å². The molecule has 0 atom stereocenters. The highest BCUT2D eigenvalue weighted by Crippen LogP contribution is 2.16. The number of likely N-dealkylation sites (N-methyl/N-ethyl adjacent to an activating group) is 1. The van der Waals surface area contributed by atoms with E-state index in [4.69, 9.17) is 0 Å². The fourth-order valence-corrected chi connectivity index (χ4v) is 1.99. The molecule has 0 saturated heterocycles. The minimum absolute atomic E-state index is 0.0899. The summed E-state index contributed by atoms with van der Waals surface area (Å²) < 4.78 is 0. The normalized spacial score (nSPS) is 19.8. The largest absolute Gasteiger partial charge is 0.358 e. The molecule has 82 valence electrons. The summed E-state index contributed by atoms with van der Waals surface area (Å²) in [6.07, 6.45) is 9.20. The Morgan fingerprint density at radius 1 is 1.14 bits per heavy atom. The van der Waals surface area contributed by atoms with Crippen LogP contribution in [-0.2, 0) is 4.79 Å². The van der Waals surface area contributed by atoms with Crippen LogP contribution in [0.2, 0.25) is 0 Å². The lowest BCUT2D eigenvalue weighted by Gasteiger charge is -2.20. The quantitative estimate of drug-likeness (QED) is 0.720. The van der Waals surface area contributed by atoms with Crippen molar-refractivity contribution >= 4 is 5.91 Å². The molecular formula is C11H22N2O. The summed E-state index contributed by atoms with van der Waals surface area (Å²) in [6.45, 7) is 0.473. The fraction of sp³-hybridized carbons (Fsp3) is 0.909. The molecule has 1 amide bonds. The van der Waals surface area contributed by atoms with Gasteiger partial charge in [0, 0.05) is 13.1 Å². The second-order valence-electron chi connectivity index (χ2n) is 4.10. The van der Waals surface area contributed by atoms with Crippen LogP contribution in [0.15, 0.2) is 0 Å². The van der Waals surface area contributed by atoms with Gasteiger partial charge in [0.05, 0.1) is 6.54 Å². The predicted octanol–water partition coefficient (Wildman–Crippen LogP) is 1.43. The van der Waals surface area contributed by atoms with Gasteiger partial charge in [0.2, 0.25) is 5.91 Å². The minimum Gasteiger partial charge on any atom is -0.358 e. The number of nitrogens with one attached hydrogen (secondary N) is 2. The zero-order chi connectivity index (χ0) is 10.2. The van der Waals surface area contributed by atoms with Gasteiger partial charge in [-0.2, -0.15) is 0 Å². The second kappa shape index (κ2) is 6.82. The number of carbonyl (C=O) groups is 1. The second-order valence-corrected chi connectivity index (χ2v) is 4.10. The van der Waals surface area contributed by atoms with Gasteiger partial charge in [-0.25, -0.2) is 0 Å². The van der Waals surface area contributed by atoms with Gasteiger partial charge in [0.25, 0.3) is 0 Å². The minimum atomic E-state index is 0.0899. The van der Waals surface area contributed by atoms with Crippen LogP contribution in [0.5, 0.6) is 0 Å². The summed E-state index contributed by atoms with van der Waals surface area (Å²) in [5, 5.41) is 5.96. The Labute approximate surface area is 86.6 Å². The van der Waals surface area contributed by atoms with E-state index < -0.39 is 0 Å². The lowest BCUT2D eigenvalue weighted by atomic mass is 9.97. The molecule has 2 N–H and O–H groups in total. The molecule has 1 saturated carbocycles. The third-order valence-corrected chi connectivity index (χ3v) is 2.94. The standard InChI is InChI=1S/C11H22N2O/c1-12-11(14)9-13-10-7-5-3-2-4-6-8-10/h10,13H,2-9H2,1H3,(H,12,14). The lowest BCUT2D eigenvalue weighted by molar-refractivity contribution is -0.119. The van der Waals surface area contributed by atoms with Crippen LogP contribution in [0.25, 0.3) is 0 Å². The highest BCUT2D eigenvalue weighted by Gasteiger charge is 2.11. The van der Waals surface area contributed by atoms with E-state index in [2.05, 4.69) is 10.6 Å². The van der Waals surface area contributed by atoms with Crippen molar-refractivity contribution in [3.05, 3.63) is 0 Å². The molecule has 0 aliphatic heterocycles. The summed E-state index contributed by atoms with van der Waals surface area (Å²) in [5.41, 5.74) is 0. The van der Waals surface area contributed by atoms with Crippen molar-refractivity contribution in [3.8, 4) is 0 Å². The summed E-state index contributed by atoms with van der Waals surface area (Å²) >= 11 is 0. The van der Waals surface area contributed by atoms with Crippen LogP contribution in [-0.4, -0.2) is 25.5 Å². The third kappa shape index (κ3) is 4.61. The Kier molecular flexibility index (Phi) is 5.60. The molecule has 0 aromatic rings. The molecule has 1 fully saturated rings. The van der Waals surface area contributed by atoms with Gasteiger partial charge in [-0.3, -0.25) is 4.79 Å². The van der Waals surface area contributed by atoms with E-state index >= 15 is 0 Å². The van der Waals surface area contributed by atoms with Gasteiger partial charge in [0.1, 0.15) is 0 Å². The number of rotatable bonds is 3. The fourth-order valence-electron chi connectivity index (χ4n) is 1.99. The zero-order valence-corrected chi connectivity index (χ0v) is 9.14. The lowest BCUT2D eigenvalue weighted by Crippen LogP contribution is -2.38. The molecule has 0 spiro atoms. The van der Waals surface area contributed by atoms with Gasteiger partial charge in [-0.05, 0) is 12.8 Å². The molecule has 0 aromatic carbocycles. The van der Waals surface area contributed by atoms with Gasteiger partial charge in [-0.15, -0.1) is 0 Å². The van der Waals surface area contributed by atoms with Crippen molar-refractivity contribution in [1.29, 1.82) is 0 Å². The molecule has 0 aromatic heterocycles. The SMILES string of the molecule is CNC(=O)CNC1CCCCCCC1. The van der Waals surface area contributed by atoms with Crippen LogP contribution in [0.3, 0.4) is 0 Å². The van der Waals surface area contributed by atoms with Crippen molar-refractivity contribution < 1.29 is 4.79 Å². The topological polar surface area (TPSA) is 41.1 Å². The Morgan fingerprint density at radius 2 is 1.71 bits per heavy atom. The number of hydrogen-bond donors (Lipinski definition) is 2. The first-order chi connectivity index (χ1) is 6.83. The summed E-state index contributed by atoms with van der Waals surface area (Å²) in [4.78, 5) is 11.0. The molecule has 0 unspecified atom stereocenters. The monoisotopic (exact) mass is 198 g/mol. The van der Waals surface area contributed by atoms with Crippen LogP contribution in [0.1, 0.15) is 44.9 Å². The summed E-state index contributed by atoms with van der Waals surface area (Å²) in [7, 11) is 1.68. The predicted molar refractivity (Wildman–Crippen MR) is 58.2 cm³/mol. The van der Waals surface area contributed by atoms with Crippen LogP contribution in [0.4, 0.5) is 0 Å². The van der Waals surface area contributed by atoms with E-state index in [0.29, 0.717) is 12.6 Å². The third-order valence-electron chi connectivity index (χ3n) is 2.94. The molecule has 1 aliphatic rings. The molecule has 0 radical (unpaired) electrons. The first kappa shape index (κ1) is 11.5. The Morgan fingerprint density at radius 3 is 2.29 bits per heavy atom. The highest BCUT2D eigenvalue weighted by atomic mass is 16.1. The van der Waals surface area contributed by atoms with Crippen molar-refractivity contribution in [3.63, 3.8) is 0 Å². The van der Waals surface area contributed by atoms with Crippen LogP contribution in [0, 0.1) is 0 Å². The Hall–Kier alpha value is -0.570. The van der Waals surface area contributed by atoms with Crippen LogP contribution < -0.4 is 10.6 Å². The molecule has 3 heteroatoms. The van der Waals surface area contributed by atoms with Gasteiger partial charge in [-0.1, -0.05) is 32.1 Å². The van der Waals surface area contributed by atoms with Crippen LogP contribution >= 0.6 is 0 Å². The van der Waals surface area contributed by atoms with E-state index in [1.807, 2.05) is 0 Å². The van der Waals surface area contributed by atoms with Gasteiger partial charge >= 0.3 is 0 Å². The van der Waals surface area contributed by atoms with Gasteiger partial charge < -0.3 is 10.6 Å². The maximum absolute atomic E-state index is 11.0. The summed E-state index contributed by atoms with van der Waals surface area (Å²) in [5.74, 6) is 0.0899. The Bertz CT molecular complexity index is 163. The maximum Gasteiger partial charge on any atom is 0.233 e. The first-order valence-electron chi connectivity index (χ1n) is 5.77. The van der Waals surface area contributed by atoms with E-state index in [1.165, 1.54) is 44.9 Å². The van der Waals surface area contributed by atoms with Crippen molar-refractivity contribution in [2.24, 2.45) is 0 Å². The molecule has 14 heavy (non-hydrogen) atoms. The van der Waals surface area contributed by atoms with E-state index in [9.17, 15) is 4.79 Å². The highest BCUT2D eigenvalue weighted by molar-refractivity contribution is 5.77. The maximum atomic E-state index is 11.0. The molecule has 1 aliphatic carbocycles. The van der Waals surface area contributed by atoms with Gasteiger partial charge in [0.15, 0.2) is 0 Å². The first-order valence-corrected chi connectivity index (χ1v) is 5.77. The summed E-state index contributed by atoms with van der Waals surface area (Å²) in [6, 6.07) is 0.563. The van der Waals surface area contributed by atoms with Crippen molar-refractivity contribution in [2.75, 3.05) is 13.6 Å². The Balaban J connectivity index is 2.16. The number of amides is 1. The van der Waals surface area contributed by atoms with Crippen molar-refractivity contribution in [2.45, 2.75) is 51.0 Å². The molecule has 1 rings (SSSR count). The molecule has 0 heterocycles. The van der Waals surface area contributed by atoms with E-state index in [1.54, 1.807) is 7.05 Å². The molecule has 3 nitrogen and oxygen atoms in total. The smallest absolute Gasteiger partial charge is 0.233 e. The number of hydrogen-bond acceptors (Lipinski definition) is 2. The average Bonchev–Trinajstić information content (AvgIpc) is 2.15. The van der Waals surface area contributed by atoms with E-state index in [0.717, 1.165) is 0 Å². The number of carbonyl (C=O) groups excluding carboxylic acids is 1. The zero-order valence-electron chi connectivity index (χ0n) is 9.14. The molecule has 0 bridgehead atoms.